The summed E-state index contributed by atoms with van der Waals surface area (Å²) in [5.74, 6) is 0.936. The molecule has 10 nitrogen and oxygen atoms in total. The highest BCUT2D eigenvalue weighted by Crippen LogP contribution is 2.48. The summed E-state index contributed by atoms with van der Waals surface area (Å²) in [5.41, 5.74) is 1.29. The van der Waals surface area contributed by atoms with Crippen LogP contribution in [-0.4, -0.2) is 45.9 Å². The van der Waals surface area contributed by atoms with Gasteiger partial charge in [0.05, 0.1) is 23.6 Å². The first kappa shape index (κ1) is 32.0. The lowest BCUT2D eigenvalue weighted by Crippen LogP contribution is -2.48. The van der Waals surface area contributed by atoms with Crippen molar-refractivity contribution in [2.24, 2.45) is 23.2 Å². The van der Waals surface area contributed by atoms with Crippen molar-refractivity contribution in [3.8, 4) is 5.75 Å². The summed E-state index contributed by atoms with van der Waals surface area (Å²) in [6.07, 6.45) is 5.57. The van der Waals surface area contributed by atoms with E-state index < -0.39 is 17.4 Å². The number of rotatable bonds is 11. The van der Waals surface area contributed by atoms with Crippen LogP contribution in [0.2, 0.25) is 5.02 Å². The number of hydrogen-bond acceptors (Lipinski definition) is 8. The minimum Gasteiger partial charge on any atom is -0.488 e. The van der Waals surface area contributed by atoms with Crippen molar-refractivity contribution in [3.63, 3.8) is 0 Å². The monoisotopic (exact) mass is 609 g/mol. The second-order valence-electron chi connectivity index (χ2n) is 11.8. The van der Waals surface area contributed by atoms with Crippen LogP contribution in [0, 0.1) is 23.2 Å². The van der Waals surface area contributed by atoms with Gasteiger partial charge >= 0.3 is 5.97 Å². The third kappa shape index (κ3) is 7.73. The number of esters is 1. The van der Waals surface area contributed by atoms with Gasteiger partial charge in [-0.05, 0) is 47.8 Å². The van der Waals surface area contributed by atoms with Crippen LogP contribution in [0.1, 0.15) is 57.0 Å². The molecule has 11 heteroatoms. The summed E-state index contributed by atoms with van der Waals surface area (Å²) in [6, 6.07) is 10.6. The van der Waals surface area contributed by atoms with Gasteiger partial charge in [-0.1, -0.05) is 64.4 Å². The minimum atomic E-state index is -0.537. The lowest BCUT2D eigenvalue weighted by Gasteiger charge is -2.50. The average molecular weight is 610 g/mol. The molecule has 4 atom stereocenters. The van der Waals surface area contributed by atoms with Crippen molar-refractivity contribution in [1.82, 2.24) is 20.1 Å². The van der Waals surface area contributed by atoms with E-state index in [0.717, 1.165) is 11.1 Å². The molecular formula is C32H40ClN5O5. The van der Waals surface area contributed by atoms with Crippen LogP contribution in [0.4, 0.5) is 5.69 Å². The van der Waals surface area contributed by atoms with E-state index in [-0.39, 0.29) is 42.8 Å². The van der Waals surface area contributed by atoms with Crippen molar-refractivity contribution in [2.45, 2.75) is 60.2 Å². The van der Waals surface area contributed by atoms with Crippen molar-refractivity contribution in [3.05, 3.63) is 81.5 Å². The van der Waals surface area contributed by atoms with Crippen molar-refractivity contribution in [1.29, 1.82) is 0 Å². The summed E-state index contributed by atoms with van der Waals surface area (Å²) in [4.78, 5) is 41.9. The Morgan fingerprint density at radius 3 is 2.58 bits per heavy atom. The molecule has 0 spiro atoms. The maximum absolute atomic E-state index is 13.0. The van der Waals surface area contributed by atoms with Crippen molar-refractivity contribution in [2.75, 3.05) is 18.5 Å². The second-order valence-corrected chi connectivity index (χ2v) is 12.2. The highest BCUT2D eigenvalue weighted by Gasteiger charge is 2.43. The highest BCUT2D eigenvalue weighted by atomic mass is 35.5. The zero-order valence-corrected chi connectivity index (χ0v) is 26.1. The number of nitrogens with zero attached hydrogens (tertiary/aromatic N) is 3. The number of carbonyl (C=O) groups is 2. The molecule has 1 aliphatic carbocycles. The molecule has 2 heterocycles. The average Bonchev–Trinajstić information content (AvgIpc) is 3.00. The van der Waals surface area contributed by atoms with Crippen LogP contribution >= 0.6 is 11.6 Å². The normalized spacial score (nSPS) is 21.1. The van der Waals surface area contributed by atoms with Gasteiger partial charge in [-0.25, -0.2) is 9.48 Å². The topological polar surface area (TPSA) is 124 Å². The molecule has 1 aromatic carbocycles. The first-order valence-corrected chi connectivity index (χ1v) is 14.9. The zero-order chi connectivity index (χ0) is 31.1. The van der Waals surface area contributed by atoms with E-state index in [2.05, 4.69) is 55.3 Å². The van der Waals surface area contributed by atoms with Gasteiger partial charge in [-0.3, -0.25) is 14.6 Å². The molecule has 2 aromatic heterocycles. The molecule has 1 amide bonds. The van der Waals surface area contributed by atoms with E-state index in [1.165, 1.54) is 12.4 Å². The fourth-order valence-corrected chi connectivity index (χ4v) is 5.66. The summed E-state index contributed by atoms with van der Waals surface area (Å²) in [7, 11) is 0. The van der Waals surface area contributed by atoms with Gasteiger partial charge < -0.3 is 20.1 Å². The van der Waals surface area contributed by atoms with Gasteiger partial charge in [0.1, 0.15) is 30.5 Å². The Hall–Kier alpha value is -3.92. The molecule has 0 unspecified atom stereocenters. The fourth-order valence-electron chi connectivity index (χ4n) is 5.46. The van der Waals surface area contributed by atoms with E-state index >= 15 is 0 Å². The smallest absolute Gasteiger partial charge is 0.338 e. The summed E-state index contributed by atoms with van der Waals surface area (Å²) < 4.78 is 12.0. The molecule has 0 radical (unpaired) electrons. The van der Waals surface area contributed by atoms with Gasteiger partial charge in [0.2, 0.25) is 5.91 Å². The maximum Gasteiger partial charge on any atom is 0.338 e. The summed E-state index contributed by atoms with van der Waals surface area (Å²) >= 11 is 6.46. The Morgan fingerprint density at radius 2 is 1.84 bits per heavy atom. The van der Waals surface area contributed by atoms with Crippen LogP contribution in [0.25, 0.3) is 0 Å². The molecule has 43 heavy (non-hydrogen) atoms. The zero-order valence-electron chi connectivity index (χ0n) is 25.3. The summed E-state index contributed by atoms with van der Waals surface area (Å²) in [5, 5.41) is 10.5. The van der Waals surface area contributed by atoms with Crippen LogP contribution in [0.3, 0.4) is 0 Å². The molecular weight excluding hydrogens is 570 g/mol. The highest BCUT2D eigenvalue weighted by molar-refractivity contribution is 6.32. The lowest BCUT2D eigenvalue weighted by atomic mass is 9.58. The Labute approximate surface area is 257 Å². The van der Waals surface area contributed by atoms with Crippen LogP contribution in [0.5, 0.6) is 5.75 Å². The molecule has 2 N–H and O–H groups in total. The Balaban J connectivity index is 1.29. The van der Waals surface area contributed by atoms with E-state index in [0.29, 0.717) is 40.3 Å². The molecule has 0 aliphatic heterocycles. The minimum absolute atomic E-state index is 0.0120. The molecule has 1 fully saturated rings. The quantitative estimate of drug-likeness (QED) is 0.231. The molecule has 3 aromatic rings. The van der Waals surface area contributed by atoms with Crippen LogP contribution in [0.15, 0.2) is 59.8 Å². The van der Waals surface area contributed by atoms with Gasteiger partial charge in [0.15, 0.2) is 0 Å². The van der Waals surface area contributed by atoms with Gasteiger partial charge in [0.25, 0.3) is 5.56 Å². The van der Waals surface area contributed by atoms with E-state index in [1.807, 2.05) is 6.07 Å². The number of aromatic nitrogens is 3. The first-order chi connectivity index (χ1) is 20.5. The molecule has 1 saturated carbocycles. The van der Waals surface area contributed by atoms with Crippen molar-refractivity contribution >= 4 is 29.2 Å². The van der Waals surface area contributed by atoms with Crippen LogP contribution < -0.4 is 20.9 Å². The Kier molecular flexibility index (Phi) is 10.4. The van der Waals surface area contributed by atoms with Crippen molar-refractivity contribution < 1.29 is 19.1 Å². The summed E-state index contributed by atoms with van der Waals surface area (Å²) in [6.45, 7) is 11.4. The Morgan fingerprint density at radius 1 is 1.09 bits per heavy atom. The first-order valence-electron chi connectivity index (χ1n) is 14.6. The predicted molar refractivity (Wildman–Crippen MR) is 165 cm³/mol. The SMILES string of the molecule is C[C@@H]1[C@@H](C)C(C)(C)[C@@H](C)C[C@H]1Nc1cnn(CC(=O)NCc2ccncc2OCCOC(=O)c2ccccc2)c(=O)c1Cl. The number of hydrogen-bond donors (Lipinski definition) is 2. The van der Waals surface area contributed by atoms with E-state index in [1.54, 1.807) is 36.5 Å². The third-order valence-corrected chi connectivity index (χ3v) is 9.39. The number of ether oxygens (including phenoxy) is 2. The second kappa shape index (κ2) is 14.0. The molecule has 0 bridgehead atoms. The number of amides is 1. The van der Waals surface area contributed by atoms with Crippen LogP contribution in [-0.2, 0) is 22.6 Å². The van der Waals surface area contributed by atoms with Gasteiger partial charge in [-0.2, -0.15) is 5.10 Å². The predicted octanol–water partition coefficient (Wildman–Crippen LogP) is 4.96. The molecule has 230 valence electrons. The third-order valence-electron chi connectivity index (χ3n) is 9.02. The number of carbonyl (C=O) groups excluding carboxylic acids is 2. The molecule has 0 saturated heterocycles. The fraction of sp³-hybridized carbons (Fsp3) is 0.469. The number of halogens is 1. The molecule has 4 rings (SSSR count). The number of benzene rings is 1. The largest absolute Gasteiger partial charge is 0.488 e. The molecule has 1 aliphatic rings. The number of nitrogens with one attached hydrogen (secondary N) is 2. The van der Waals surface area contributed by atoms with Gasteiger partial charge in [0, 0.05) is 24.3 Å². The number of pyridine rings is 1. The standard InChI is InChI=1S/C32H40ClN5O5/c1-20-15-25(21(2)22(3)32(20,4)5)37-26-17-36-38(30(40)29(26)33)19-28(39)35-16-24-11-12-34-18-27(24)42-13-14-43-31(41)23-9-7-6-8-10-23/h6-12,17-18,20-22,25,37H,13-16,19H2,1-5H3,(H,35,39)/t20-,21+,22+,25+/m0/s1. The van der Waals surface area contributed by atoms with Gasteiger partial charge in [-0.15, -0.1) is 0 Å². The lowest BCUT2D eigenvalue weighted by molar-refractivity contribution is -0.122. The van der Waals surface area contributed by atoms with E-state index in [4.69, 9.17) is 21.1 Å². The number of anilines is 1. The Bertz CT molecular complexity index is 1480. The maximum atomic E-state index is 13.0. The van der Waals surface area contributed by atoms with E-state index in [9.17, 15) is 14.4 Å².